The van der Waals surface area contributed by atoms with E-state index in [1.807, 2.05) is 54.6 Å². The number of nitrogens with zero attached hydrogens (tertiary/aromatic N) is 1. The molecule has 0 unspecified atom stereocenters. The Kier molecular flexibility index (Phi) is 9.08. The van der Waals surface area contributed by atoms with Crippen molar-refractivity contribution in [3.05, 3.63) is 89.7 Å². The van der Waals surface area contributed by atoms with Crippen LogP contribution in [0.1, 0.15) is 53.9 Å². The van der Waals surface area contributed by atoms with Crippen molar-refractivity contribution in [3.63, 3.8) is 0 Å². The number of benzene rings is 3. The number of halogens is 1. The second kappa shape index (κ2) is 12.9. The molecule has 4 rings (SSSR count). The molecule has 0 saturated carbocycles. The van der Waals surface area contributed by atoms with Crippen molar-refractivity contribution in [2.45, 2.75) is 38.0 Å². The molecule has 1 heterocycles. The first kappa shape index (κ1) is 26.9. The molecule has 198 valence electrons. The zero-order valence-corrected chi connectivity index (χ0v) is 21.4. The first-order valence-corrected chi connectivity index (χ1v) is 12.8. The van der Waals surface area contributed by atoms with Crippen molar-refractivity contribution >= 4 is 29.1 Å². The normalized spacial score (nSPS) is 13.6. The number of methoxy groups -OCH3 is 1. The molecule has 7 nitrogen and oxygen atoms in total. The van der Waals surface area contributed by atoms with E-state index in [-0.39, 0.29) is 47.8 Å². The Labute approximate surface area is 222 Å². The van der Waals surface area contributed by atoms with E-state index in [2.05, 4.69) is 10.6 Å². The minimum Gasteiger partial charge on any atom is -0.494 e. The SMILES string of the molecule is COc1cccc(C(=O)N2CCC(c3ccc(NC(=O)CCCC(=O)Nc4ccccc4)cc3)CC2)c1F. The minimum atomic E-state index is -0.629. The van der Waals surface area contributed by atoms with Crippen molar-refractivity contribution < 1.29 is 23.5 Å². The van der Waals surface area contributed by atoms with Gasteiger partial charge in [0.15, 0.2) is 11.6 Å². The number of rotatable bonds is 9. The highest BCUT2D eigenvalue weighted by Crippen LogP contribution is 2.30. The van der Waals surface area contributed by atoms with Gasteiger partial charge in [-0.1, -0.05) is 36.4 Å². The van der Waals surface area contributed by atoms with Gasteiger partial charge in [-0.3, -0.25) is 14.4 Å². The van der Waals surface area contributed by atoms with Crippen LogP contribution in [0.3, 0.4) is 0 Å². The minimum absolute atomic E-state index is 0.0275. The zero-order valence-electron chi connectivity index (χ0n) is 21.4. The number of piperidine rings is 1. The number of hydrogen-bond acceptors (Lipinski definition) is 4. The molecule has 3 aromatic carbocycles. The molecule has 1 saturated heterocycles. The van der Waals surface area contributed by atoms with Gasteiger partial charge in [-0.05, 0) is 67.1 Å². The summed E-state index contributed by atoms with van der Waals surface area (Å²) in [5.74, 6) is -0.865. The number of nitrogens with one attached hydrogen (secondary N) is 2. The third-order valence-electron chi connectivity index (χ3n) is 6.73. The molecule has 0 radical (unpaired) electrons. The van der Waals surface area contributed by atoms with E-state index in [1.165, 1.54) is 19.2 Å². The standard InChI is InChI=1S/C30H32FN3O4/c1-38-26-10-5-9-25(29(26)31)30(37)34-19-17-22(18-20-34)21-13-15-24(16-14-21)33-28(36)12-6-11-27(35)32-23-7-3-2-4-8-23/h2-5,7-10,13-16,22H,6,11-12,17-20H2,1H3,(H,32,35)(H,33,36). The van der Waals surface area contributed by atoms with E-state index >= 15 is 0 Å². The lowest BCUT2D eigenvalue weighted by atomic mass is 9.89. The highest BCUT2D eigenvalue weighted by Gasteiger charge is 2.27. The average molecular weight is 518 g/mol. The van der Waals surface area contributed by atoms with Gasteiger partial charge in [0.05, 0.1) is 12.7 Å². The molecular formula is C30H32FN3O4. The number of para-hydroxylation sites is 1. The second-order valence-electron chi connectivity index (χ2n) is 9.33. The maximum Gasteiger partial charge on any atom is 0.256 e. The summed E-state index contributed by atoms with van der Waals surface area (Å²) in [6.45, 7) is 1.08. The third-order valence-corrected chi connectivity index (χ3v) is 6.73. The molecule has 0 atom stereocenters. The van der Waals surface area contributed by atoms with Gasteiger partial charge in [0.2, 0.25) is 11.8 Å². The lowest BCUT2D eigenvalue weighted by Crippen LogP contribution is -2.38. The van der Waals surface area contributed by atoms with Crippen molar-refractivity contribution in [2.75, 3.05) is 30.8 Å². The quantitative estimate of drug-likeness (QED) is 0.387. The smallest absolute Gasteiger partial charge is 0.256 e. The van der Waals surface area contributed by atoms with Crippen LogP contribution in [-0.2, 0) is 9.59 Å². The average Bonchev–Trinajstić information content (AvgIpc) is 2.94. The Balaban J connectivity index is 1.21. The Morgan fingerprint density at radius 3 is 2.05 bits per heavy atom. The van der Waals surface area contributed by atoms with E-state index in [0.717, 1.165) is 24.1 Å². The second-order valence-corrected chi connectivity index (χ2v) is 9.33. The van der Waals surface area contributed by atoms with Gasteiger partial charge < -0.3 is 20.3 Å². The summed E-state index contributed by atoms with van der Waals surface area (Å²) in [5, 5.41) is 5.69. The number of anilines is 2. The highest BCUT2D eigenvalue weighted by atomic mass is 19.1. The summed E-state index contributed by atoms with van der Waals surface area (Å²) in [4.78, 5) is 38.9. The lowest BCUT2D eigenvalue weighted by Gasteiger charge is -2.32. The molecule has 0 aromatic heterocycles. The number of carbonyl (C=O) groups excluding carboxylic acids is 3. The fourth-order valence-electron chi connectivity index (χ4n) is 4.64. The largest absolute Gasteiger partial charge is 0.494 e. The Hall–Kier alpha value is -4.20. The Morgan fingerprint density at radius 2 is 1.45 bits per heavy atom. The zero-order chi connectivity index (χ0) is 26.9. The summed E-state index contributed by atoms with van der Waals surface area (Å²) in [6.07, 6.45) is 2.53. The highest BCUT2D eigenvalue weighted by molar-refractivity contribution is 5.95. The number of likely N-dealkylation sites (tertiary alicyclic amines) is 1. The number of amides is 3. The topological polar surface area (TPSA) is 87.7 Å². The van der Waals surface area contributed by atoms with Crippen molar-refractivity contribution in [1.29, 1.82) is 0 Å². The van der Waals surface area contributed by atoms with Crippen LogP contribution in [0.25, 0.3) is 0 Å². The Morgan fingerprint density at radius 1 is 0.842 bits per heavy atom. The molecule has 0 bridgehead atoms. The molecular weight excluding hydrogens is 485 g/mol. The molecule has 1 aliphatic heterocycles. The van der Waals surface area contributed by atoms with Crippen LogP contribution in [0.5, 0.6) is 5.75 Å². The molecule has 8 heteroatoms. The van der Waals surface area contributed by atoms with Crippen LogP contribution < -0.4 is 15.4 Å². The van der Waals surface area contributed by atoms with Gasteiger partial charge in [-0.25, -0.2) is 4.39 Å². The van der Waals surface area contributed by atoms with E-state index in [4.69, 9.17) is 4.74 Å². The van der Waals surface area contributed by atoms with Gasteiger partial charge in [0.25, 0.3) is 5.91 Å². The van der Waals surface area contributed by atoms with Crippen LogP contribution in [0, 0.1) is 5.82 Å². The van der Waals surface area contributed by atoms with Gasteiger partial charge in [0.1, 0.15) is 0 Å². The number of carbonyl (C=O) groups is 3. The van der Waals surface area contributed by atoms with E-state index in [1.54, 1.807) is 11.0 Å². The molecule has 1 aliphatic rings. The molecule has 2 N–H and O–H groups in total. The van der Waals surface area contributed by atoms with E-state index < -0.39 is 5.82 Å². The predicted octanol–water partition coefficient (Wildman–Crippen LogP) is 5.60. The molecule has 0 spiro atoms. The Bertz CT molecular complexity index is 1260. The summed E-state index contributed by atoms with van der Waals surface area (Å²) in [5.41, 5.74) is 2.61. The number of ether oxygens (including phenoxy) is 1. The number of hydrogen-bond donors (Lipinski definition) is 2. The maximum absolute atomic E-state index is 14.5. The van der Waals surface area contributed by atoms with Crippen molar-refractivity contribution in [3.8, 4) is 5.75 Å². The summed E-state index contributed by atoms with van der Waals surface area (Å²) in [7, 11) is 1.38. The predicted molar refractivity (Wildman–Crippen MR) is 145 cm³/mol. The summed E-state index contributed by atoms with van der Waals surface area (Å²) >= 11 is 0. The monoisotopic (exact) mass is 517 g/mol. The molecule has 38 heavy (non-hydrogen) atoms. The van der Waals surface area contributed by atoms with Crippen LogP contribution in [0.15, 0.2) is 72.8 Å². The van der Waals surface area contributed by atoms with Crippen LogP contribution in [0.2, 0.25) is 0 Å². The molecule has 3 aromatic rings. The van der Waals surface area contributed by atoms with Gasteiger partial charge in [-0.15, -0.1) is 0 Å². The first-order chi connectivity index (χ1) is 18.4. The summed E-state index contributed by atoms with van der Waals surface area (Å²) in [6, 6.07) is 21.6. The molecule has 0 aliphatic carbocycles. The lowest BCUT2D eigenvalue weighted by molar-refractivity contribution is -0.117. The fourth-order valence-corrected chi connectivity index (χ4v) is 4.64. The van der Waals surface area contributed by atoms with Gasteiger partial charge >= 0.3 is 0 Å². The third kappa shape index (κ3) is 6.97. The van der Waals surface area contributed by atoms with Crippen molar-refractivity contribution in [1.82, 2.24) is 4.90 Å². The van der Waals surface area contributed by atoms with Crippen LogP contribution in [0.4, 0.5) is 15.8 Å². The molecule has 3 amide bonds. The van der Waals surface area contributed by atoms with E-state index in [9.17, 15) is 18.8 Å². The first-order valence-electron chi connectivity index (χ1n) is 12.8. The summed E-state index contributed by atoms with van der Waals surface area (Å²) < 4.78 is 19.5. The van der Waals surface area contributed by atoms with Crippen molar-refractivity contribution in [2.24, 2.45) is 0 Å². The van der Waals surface area contributed by atoms with Gasteiger partial charge in [-0.2, -0.15) is 0 Å². The van der Waals surface area contributed by atoms with Crippen LogP contribution in [-0.4, -0.2) is 42.8 Å². The van der Waals surface area contributed by atoms with Gasteiger partial charge in [0, 0.05) is 37.3 Å². The van der Waals surface area contributed by atoms with Crippen LogP contribution >= 0.6 is 0 Å². The van der Waals surface area contributed by atoms with E-state index in [0.29, 0.717) is 25.2 Å². The fraction of sp³-hybridized carbons (Fsp3) is 0.300. The maximum atomic E-state index is 14.5. The molecule has 1 fully saturated rings.